The number of hydrogen-bond donors (Lipinski definition) is 0. The summed E-state index contributed by atoms with van der Waals surface area (Å²) in [4.78, 5) is 52.6. The van der Waals surface area contributed by atoms with Gasteiger partial charge < -0.3 is 19.1 Å². The molecule has 0 unspecified atom stereocenters. The number of phosphoric ester groups is 1. The molecule has 262 valence electrons. The first-order valence-corrected chi connectivity index (χ1v) is 17.8. The number of ether oxygens (including phenoxy) is 1. The largest absolute Gasteiger partial charge is 0.494 e. The van der Waals surface area contributed by atoms with Crippen molar-refractivity contribution in [3.63, 3.8) is 0 Å². The first kappa shape index (κ1) is 35.9. The maximum absolute atomic E-state index is 14.0. The van der Waals surface area contributed by atoms with Gasteiger partial charge in [0, 0.05) is 37.9 Å². The summed E-state index contributed by atoms with van der Waals surface area (Å²) >= 11 is 0. The van der Waals surface area contributed by atoms with E-state index < -0.39 is 19.5 Å². The molecule has 16 heteroatoms. The van der Waals surface area contributed by atoms with Crippen LogP contribution in [0.1, 0.15) is 66.1 Å². The number of carbonyl (C=O) groups excluding carboxylic acids is 3. The molecule has 1 aliphatic rings. The van der Waals surface area contributed by atoms with E-state index in [-0.39, 0.29) is 74.5 Å². The van der Waals surface area contributed by atoms with E-state index in [1.54, 1.807) is 36.1 Å². The molecule has 0 bridgehead atoms. The second-order valence-corrected chi connectivity index (χ2v) is 13.2. The standard InChI is InChI=1S/C33H42N7O8P/c1-5-7-18-46-49(44,47-19-8-6-2)48-23-39-21-26(28-27(45-4)20-34-31(29(28)39)40-22-35-24(3)36-40)30(41)33(43)38-16-14-37(15-17-38)32(42)25-12-10-9-11-13-25/h9-13,20-22H,5-8,14-19,23H2,1-4H3. The fraction of sp³-hybridized carbons (Fsp3) is 0.455. The minimum Gasteiger partial charge on any atom is -0.494 e. The van der Waals surface area contributed by atoms with E-state index in [0.29, 0.717) is 29.7 Å². The molecule has 5 rings (SSSR count). The SMILES string of the molecule is CCCCOP(=O)(OCCCC)OCn1cc(C(=O)C(=O)N2CCN(C(=O)c3ccccc3)CC2)c2c(OC)cnc(-n3cnc(C)n3)c21. The first-order chi connectivity index (χ1) is 23.7. The molecule has 2 amide bonds. The van der Waals surface area contributed by atoms with Gasteiger partial charge in [0.1, 0.15) is 30.1 Å². The molecule has 3 aromatic heterocycles. The summed E-state index contributed by atoms with van der Waals surface area (Å²) in [7, 11) is -2.58. The zero-order valence-electron chi connectivity index (χ0n) is 28.2. The van der Waals surface area contributed by atoms with Gasteiger partial charge >= 0.3 is 7.82 Å². The lowest BCUT2D eigenvalue weighted by Gasteiger charge is -2.34. The highest BCUT2D eigenvalue weighted by atomic mass is 31.2. The normalized spacial score (nSPS) is 13.6. The number of phosphoric acid groups is 1. The molecule has 0 spiro atoms. The van der Waals surface area contributed by atoms with Crippen LogP contribution >= 0.6 is 7.82 Å². The number of methoxy groups -OCH3 is 1. The molecule has 4 aromatic rings. The monoisotopic (exact) mass is 695 g/mol. The van der Waals surface area contributed by atoms with Gasteiger partial charge in [0.05, 0.1) is 37.5 Å². The molecular weight excluding hydrogens is 653 g/mol. The van der Waals surface area contributed by atoms with Crippen LogP contribution in [0.2, 0.25) is 0 Å². The van der Waals surface area contributed by atoms with Gasteiger partial charge in [-0.25, -0.2) is 19.2 Å². The third-order valence-electron chi connectivity index (χ3n) is 8.05. The molecule has 1 saturated heterocycles. The Morgan fingerprint density at radius 1 is 0.898 bits per heavy atom. The summed E-state index contributed by atoms with van der Waals surface area (Å²) < 4.78 is 39.3. The number of ketones is 1. The molecule has 0 atom stereocenters. The van der Waals surface area contributed by atoms with Crippen LogP contribution in [-0.2, 0) is 29.7 Å². The summed E-state index contributed by atoms with van der Waals surface area (Å²) in [5.41, 5.74) is 0.910. The third-order valence-corrected chi connectivity index (χ3v) is 9.48. The average Bonchev–Trinajstić information content (AvgIpc) is 3.74. The number of amides is 2. The van der Waals surface area contributed by atoms with Gasteiger partial charge in [0.2, 0.25) is 0 Å². The average molecular weight is 696 g/mol. The molecule has 1 aromatic carbocycles. The minimum atomic E-state index is -4.02. The molecule has 0 radical (unpaired) electrons. The van der Waals surface area contributed by atoms with Crippen LogP contribution in [0.25, 0.3) is 16.7 Å². The third kappa shape index (κ3) is 8.24. The minimum absolute atomic E-state index is 0.0253. The van der Waals surface area contributed by atoms with Crippen molar-refractivity contribution in [1.29, 1.82) is 0 Å². The van der Waals surface area contributed by atoms with Gasteiger partial charge in [-0.15, -0.1) is 0 Å². The first-order valence-electron chi connectivity index (χ1n) is 16.4. The number of piperazine rings is 1. The Hall–Kier alpha value is -4.43. The summed E-state index contributed by atoms with van der Waals surface area (Å²) in [5.74, 6) is -0.684. The van der Waals surface area contributed by atoms with Crippen LogP contribution in [0.5, 0.6) is 5.75 Å². The predicted octanol–water partition coefficient (Wildman–Crippen LogP) is 4.82. The number of benzene rings is 1. The van der Waals surface area contributed by atoms with Gasteiger partial charge in [0.25, 0.3) is 17.6 Å². The molecule has 49 heavy (non-hydrogen) atoms. The molecule has 4 heterocycles. The quantitative estimate of drug-likeness (QED) is 0.0685. The Bertz CT molecular complexity index is 1800. The van der Waals surface area contributed by atoms with E-state index in [4.69, 9.17) is 18.3 Å². The topological polar surface area (TPSA) is 160 Å². The highest BCUT2D eigenvalue weighted by Crippen LogP contribution is 2.50. The second kappa shape index (κ2) is 16.3. The van der Waals surface area contributed by atoms with Gasteiger partial charge in [-0.2, -0.15) is 5.10 Å². The Morgan fingerprint density at radius 2 is 1.55 bits per heavy atom. The molecule has 0 aliphatic carbocycles. The summed E-state index contributed by atoms with van der Waals surface area (Å²) in [5, 5.41) is 4.68. The number of unbranched alkanes of at least 4 members (excludes halogenated alkanes) is 2. The van der Waals surface area contributed by atoms with Crippen molar-refractivity contribution in [1.82, 2.24) is 34.1 Å². The summed E-state index contributed by atoms with van der Waals surface area (Å²) in [6.07, 6.45) is 7.30. The lowest BCUT2D eigenvalue weighted by molar-refractivity contribution is -0.127. The van der Waals surface area contributed by atoms with Crippen molar-refractivity contribution in [3.05, 3.63) is 66.0 Å². The van der Waals surface area contributed by atoms with Crippen molar-refractivity contribution in [2.45, 2.75) is 53.2 Å². The number of pyridine rings is 1. The fourth-order valence-electron chi connectivity index (χ4n) is 5.36. The number of aryl methyl sites for hydroxylation is 1. The number of Topliss-reactive ketones (excluding diaryl/α,β-unsaturated/α-hetero) is 1. The fourth-order valence-corrected chi connectivity index (χ4v) is 6.55. The van der Waals surface area contributed by atoms with Crippen LogP contribution in [0.15, 0.2) is 49.1 Å². The molecule has 1 fully saturated rings. The van der Waals surface area contributed by atoms with E-state index in [9.17, 15) is 18.9 Å². The molecule has 15 nitrogen and oxygen atoms in total. The highest BCUT2D eigenvalue weighted by molar-refractivity contribution is 7.48. The predicted molar refractivity (Wildman–Crippen MR) is 180 cm³/mol. The number of aromatic nitrogens is 5. The molecule has 0 N–H and O–H groups in total. The van der Waals surface area contributed by atoms with Crippen molar-refractivity contribution in [2.75, 3.05) is 46.5 Å². The Balaban J connectivity index is 1.46. The van der Waals surface area contributed by atoms with E-state index in [1.807, 2.05) is 19.9 Å². The lowest BCUT2D eigenvalue weighted by atomic mass is 10.1. The number of rotatable bonds is 16. The number of nitrogens with zero attached hydrogens (tertiary/aromatic N) is 7. The van der Waals surface area contributed by atoms with Gasteiger partial charge in [-0.05, 0) is 31.9 Å². The van der Waals surface area contributed by atoms with Crippen molar-refractivity contribution >= 4 is 36.3 Å². The zero-order valence-corrected chi connectivity index (χ0v) is 29.1. The van der Waals surface area contributed by atoms with Gasteiger partial charge in [-0.3, -0.25) is 28.0 Å². The summed E-state index contributed by atoms with van der Waals surface area (Å²) in [6, 6.07) is 8.92. The second-order valence-electron chi connectivity index (χ2n) is 11.5. The molecule has 1 aliphatic heterocycles. The zero-order chi connectivity index (χ0) is 35.0. The van der Waals surface area contributed by atoms with E-state index >= 15 is 0 Å². The Labute approximate surface area is 284 Å². The summed E-state index contributed by atoms with van der Waals surface area (Å²) in [6.45, 7) is 6.57. The highest BCUT2D eigenvalue weighted by Gasteiger charge is 2.34. The maximum atomic E-state index is 14.0. The van der Waals surface area contributed by atoms with Crippen molar-refractivity contribution < 1.29 is 37.3 Å². The van der Waals surface area contributed by atoms with Crippen LogP contribution < -0.4 is 4.74 Å². The van der Waals surface area contributed by atoms with E-state index in [1.165, 1.54) is 40.0 Å². The van der Waals surface area contributed by atoms with Gasteiger partial charge in [-0.1, -0.05) is 44.9 Å². The van der Waals surface area contributed by atoms with E-state index in [0.717, 1.165) is 12.8 Å². The van der Waals surface area contributed by atoms with Crippen LogP contribution in [0.4, 0.5) is 0 Å². The Kier molecular flexibility index (Phi) is 11.9. The van der Waals surface area contributed by atoms with Crippen molar-refractivity contribution in [3.8, 4) is 11.6 Å². The van der Waals surface area contributed by atoms with E-state index in [2.05, 4.69) is 15.1 Å². The molecular formula is C33H42N7O8P. The van der Waals surface area contributed by atoms with Crippen LogP contribution in [0.3, 0.4) is 0 Å². The number of fused-ring (bicyclic) bond motifs is 1. The van der Waals surface area contributed by atoms with Crippen molar-refractivity contribution in [2.24, 2.45) is 0 Å². The molecule has 0 saturated carbocycles. The Morgan fingerprint density at radius 3 is 2.14 bits per heavy atom. The lowest BCUT2D eigenvalue weighted by Crippen LogP contribution is -2.52. The van der Waals surface area contributed by atoms with Crippen LogP contribution in [0, 0.1) is 6.92 Å². The van der Waals surface area contributed by atoms with Crippen LogP contribution in [-0.4, -0.2) is 98.2 Å². The van der Waals surface area contributed by atoms with Gasteiger partial charge in [0.15, 0.2) is 5.82 Å². The number of carbonyl (C=O) groups is 3. The smallest absolute Gasteiger partial charge is 0.476 e. The number of hydrogen-bond acceptors (Lipinski definition) is 11. The maximum Gasteiger partial charge on any atom is 0.476 e.